The number of aromatic nitrogens is 2. The number of aliphatic hydroxyl groups excluding tert-OH is 2. The molecule has 1 aromatic heterocycles. The number of aryl methyl sites for hydroxylation is 1. The van der Waals surface area contributed by atoms with Gasteiger partial charge in [0.1, 0.15) is 12.2 Å². The Labute approximate surface area is 153 Å². The maximum Gasteiger partial charge on any atom is 0.330 e. The molecule has 1 aromatic carbocycles. The van der Waals surface area contributed by atoms with Gasteiger partial charge in [-0.3, -0.25) is 18.5 Å². The van der Waals surface area contributed by atoms with E-state index in [4.69, 9.17) is 8.92 Å². The summed E-state index contributed by atoms with van der Waals surface area (Å²) >= 11 is 0. The van der Waals surface area contributed by atoms with Crippen LogP contribution in [-0.4, -0.2) is 53.1 Å². The Balaban J connectivity index is 1.98. The number of ether oxygens (including phenoxy) is 1. The zero-order chi connectivity index (χ0) is 19.8. The number of aliphatic hydroxyl groups is 2. The molecular formula is C16H18N2O8S. The van der Waals surface area contributed by atoms with E-state index in [0.29, 0.717) is 0 Å². The fourth-order valence-corrected chi connectivity index (χ4v) is 3.81. The fraction of sp³-hybridized carbons (Fsp3) is 0.375. The number of nitrogens with one attached hydrogen (secondary N) is 1. The highest BCUT2D eigenvalue weighted by Crippen LogP contribution is 2.33. The van der Waals surface area contributed by atoms with Crippen LogP contribution in [-0.2, 0) is 19.0 Å². The number of hydrogen-bond acceptors (Lipinski definition) is 8. The molecule has 1 saturated heterocycles. The van der Waals surface area contributed by atoms with Gasteiger partial charge in [-0.15, -0.1) is 0 Å². The van der Waals surface area contributed by atoms with Crippen molar-refractivity contribution in [3.63, 3.8) is 0 Å². The Kier molecular flexibility index (Phi) is 5.31. The molecule has 3 rings (SSSR count). The Morgan fingerprint density at radius 1 is 1.22 bits per heavy atom. The van der Waals surface area contributed by atoms with Crippen molar-refractivity contribution in [2.24, 2.45) is 0 Å². The first-order chi connectivity index (χ1) is 12.7. The van der Waals surface area contributed by atoms with Crippen molar-refractivity contribution in [2.45, 2.75) is 36.4 Å². The molecule has 0 saturated carbocycles. The quantitative estimate of drug-likeness (QED) is 0.536. The van der Waals surface area contributed by atoms with Gasteiger partial charge >= 0.3 is 5.69 Å². The normalized spacial score (nSPS) is 25.6. The molecule has 0 unspecified atom stereocenters. The van der Waals surface area contributed by atoms with Gasteiger partial charge in [0.2, 0.25) is 0 Å². The van der Waals surface area contributed by atoms with Crippen molar-refractivity contribution < 1.29 is 27.6 Å². The van der Waals surface area contributed by atoms with E-state index in [1.54, 1.807) is 19.1 Å². The number of H-pyrrole nitrogens is 1. The molecule has 2 aromatic rings. The monoisotopic (exact) mass is 398 g/mol. The van der Waals surface area contributed by atoms with E-state index in [2.05, 4.69) is 0 Å². The Bertz CT molecular complexity index is 1030. The van der Waals surface area contributed by atoms with E-state index in [9.17, 15) is 28.2 Å². The van der Waals surface area contributed by atoms with Crippen LogP contribution in [0.5, 0.6) is 0 Å². The van der Waals surface area contributed by atoms with E-state index in [-0.39, 0.29) is 4.90 Å². The summed E-state index contributed by atoms with van der Waals surface area (Å²) in [4.78, 5) is 25.1. The molecule has 1 aliphatic rings. The number of benzene rings is 1. The lowest BCUT2D eigenvalue weighted by Crippen LogP contribution is -2.40. The second-order valence-corrected chi connectivity index (χ2v) is 7.66. The first-order valence-electron chi connectivity index (χ1n) is 7.99. The molecule has 11 heteroatoms. The predicted octanol–water partition coefficient (Wildman–Crippen LogP) is -1.13. The molecular weight excluding hydrogens is 380 g/mol. The minimum Gasteiger partial charge on any atom is -0.394 e. The molecule has 0 amide bonds. The van der Waals surface area contributed by atoms with E-state index < -0.39 is 52.5 Å². The Morgan fingerprint density at radius 2 is 1.89 bits per heavy atom. The van der Waals surface area contributed by atoms with E-state index in [0.717, 1.165) is 22.4 Å². The number of rotatable bonds is 5. The van der Waals surface area contributed by atoms with Crippen LogP contribution >= 0.6 is 0 Å². The fourth-order valence-electron chi connectivity index (χ4n) is 2.73. The lowest BCUT2D eigenvalue weighted by molar-refractivity contribution is -0.0519. The lowest BCUT2D eigenvalue weighted by atomic mass is 10.1. The van der Waals surface area contributed by atoms with Gasteiger partial charge in [-0.25, -0.2) is 4.79 Å². The maximum absolute atomic E-state index is 12.6. The van der Waals surface area contributed by atoms with Crippen molar-refractivity contribution in [3.05, 3.63) is 62.9 Å². The number of aromatic amines is 1. The topological polar surface area (TPSA) is 148 Å². The first-order valence-corrected chi connectivity index (χ1v) is 9.39. The van der Waals surface area contributed by atoms with E-state index in [1.807, 2.05) is 4.98 Å². The van der Waals surface area contributed by atoms with Gasteiger partial charge in [0.15, 0.2) is 12.3 Å². The molecule has 0 aliphatic carbocycles. The number of hydrogen-bond donors (Lipinski definition) is 3. The molecule has 4 atom stereocenters. The van der Waals surface area contributed by atoms with E-state index in [1.165, 1.54) is 12.1 Å². The van der Waals surface area contributed by atoms with Crippen molar-refractivity contribution in [3.8, 4) is 0 Å². The zero-order valence-electron chi connectivity index (χ0n) is 14.2. The summed E-state index contributed by atoms with van der Waals surface area (Å²) in [7, 11) is -4.30. The van der Waals surface area contributed by atoms with E-state index >= 15 is 0 Å². The minimum atomic E-state index is -4.30. The second-order valence-electron chi connectivity index (χ2n) is 6.08. The van der Waals surface area contributed by atoms with Crippen molar-refractivity contribution in [1.29, 1.82) is 0 Å². The third kappa shape index (κ3) is 3.87. The molecule has 2 heterocycles. The molecule has 146 valence electrons. The largest absolute Gasteiger partial charge is 0.394 e. The van der Waals surface area contributed by atoms with Gasteiger partial charge in [0.25, 0.3) is 15.7 Å². The van der Waals surface area contributed by atoms with Gasteiger partial charge in [0.05, 0.1) is 11.5 Å². The summed E-state index contributed by atoms with van der Waals surface area (Å²) < 4.78 is 36.6. The summed E-state index contributed by atoms with van der Waals surface area (Å²) in [5, 5.41) is 19.7. The Morgan fingerprint density at radius 3 is 2.48 bits per heavy atom. The standard InChI is InChI=1S/C16H18N2O8S/c1-9-2-4-10(5-3-9)27(23,24)26-14-13(21)11(8-19)25-15(14)18-7-6-12(20)17-16(18)22/h2-7,11,13-15,19,21H,8H2,1H3,(H,17,20,22)/t11-,13+,14+,15-/m0/s1. The predicted molar refractivity (Wildman–Crippen MR) is 91.6 cm³/mol. The van der Waals surface area contributed by atoms with Gasteiger partial charge < -0.3 is 14.9 Å². The van der Waals surface area contributed by atoms with Gasteiger partial charge in [-0.1, -0.05) is 17.7 Å². The highest BCUT2D eigenvalue weighted by Gasteiger charge is 2.48. The molecule has 1 fully saturated rings. The van der Waals surface area contributed by atoms with Crippen LogP contribution in [0, 0.1) is 6.92 Å². The van der Waals surface area contributed by atoms with Crippen molar-refractivity contribution in [2.75, 3.05) is 6.61 Å². The Hall–Kier alpha value is -2.31. The van der Waals surface area contributed by atoms with Crippen LogP contribution in [0.1, 0.15) is 11.8 Å². The van der Waals surface area contributed by atoms with Crippen LogP contribution in [0.15, 0.2) is 51.0 Å². The summed E-state index contributed by atoms with van der Waals surface area (Å²) in [6.07, 6.45) is -4.50. The zero-order valence-corrected chi connectivity index (χ0v) is 15.0. The summed E-state index contributed by atoms with van der Waals surface area (Å²) in [6.45, 7) is 1.16. The molecule has 3 N–H and O–H groups in total. The maximum atomic E-state index is 12.6. The first kappa shape index (κ1) is 19.5. The molecule has 0 bridgehead atoms. The van der Waals surface area contributed by atoms with Crippen LogP contribution in [0.2, 0.25) is 0 Å². The molecule has 10 nitrogen and oxygen atoms in total. The van der Waals surface area contributed by atoms with Gasteiger partial charge in [-0.2, -0.15) is 8.42 Å². The highest BCUT2D eigenvalue weighted by molar-refractivity contribution is 7.86. The minimum absolute atomic E-state index is 0.139. The summed E-state index contributed by atoms with van der Waals surface area (Å²) in [6, 6.07) is 6.89. The van der Waals surface area contributed by atoms with Gasteiger partial charge in [-0.05, 0) is 19.1 Å². The molecule has 0 spiro atoms. The summed E-state index contributed by atoms with van der Waals surface area (Å²) in [5.74, 6) is 0. The average Bonchev–Trinajstić information content (AvgIpc) is 2.91. The summed E-state index contributed by atoms with van der Waals surface area (Å²) in [5.41, 5.74) is -0.686. The molecule has 1 aliphatic heterocycles. The lowest BCUT2D eigenvalue weighted by Gasteiger charge is -2.21. The highest BCUT2D eigenvalue weighted by atomic mass is 32.2. The van der Waals surface area contributed by atoms with Crippen LogP contribution in [0.3, 0.4) is 0 Å². The third-order valence-corrected chi connectivity index (χ3v) is 5.49. The number of nitrogens with zero attached hydrogens (tertiary/aromatic N) is 1. The van der Waals surface area contributed by atoms with Crippen LogP contribution in [0.25, 0.3) is 0 Å². The molecule has 0 radical (unpaired) electrons. The van der Waals surface area contributed by atoms with Crippen molar-refractivity contribution >= 4 is 10.1 Å². The average molecular weight is 398 g/mol. The smallest absolute Gasteiger partial charge is 0.330 e. The van der Waals surface area contributed by atoms with Crippen LogP contribution < -0.4 is 11.2 Å². The SMILES string of the molecule is Cc1ccc(S(=O)(=O)O[C@@H]2[C@H](O)[C@H](CO)O[C@@H]2n2ccc(=O)[nH]c2=O)cc1. The van der Waals surface area contributed by atoms with Crippen LogP contribution in [0.4, 0.5) is 0 Å². The second kappa shape index (κ2) is 7.37. The molecule has 27 heavy (non-hydrogen) atoms. The van der Waals surface area contributed by atoms with Gasteiger partial charge in [0, 0.05) is 12.3 Å². The van der Waals surface area contributed by atoms with Crippen molar-refractivity contribution in [1.82, 2.24) is 9.55 Å². The third-order valence-electron chi connectivity index (χ3n) is 4.17.